The minimum absolute atomic E-state index is 0.566. The van der Waals surface area contributed by atoms with Crippen molar-refractivity contribution >= 4 is 22.4 Å². The third kappa shape index (κ3) is 1.78. The van der Waals surface area contributed by atoms with E-state index in [1.807, 2.05) is 31.1 Å². The van der Waals surface area contributed by atoms with Crippen molar-refractivity contribution in [1.29, 1.82) is 0 Å². The molecule has 2 rings (SSSR count). The van der Waals surface area contributed by atoms with Crippen molar-refractivity contribution in [3.8, 4) is 11.1 Å². The highest BCUT2D eigenvalue weighted by Gasteiger charge is 2.14. The highest BCUT2D eigenvalue weighted by Crippen LogP contribution is 2.37. The molecule has 0 radical (unpaired) electrons. The molecule has 4 nitrogen and oxygen atoms in total. The molecule has 0 aliphatic heterocycles. The number of hydrogen-bond acceptors (Lipinski definition) is 5. The SMILES string of the molecule is CN(C)c1snc(N)c1-c1cccnc1. The third-order valence-corrected chi connectivity index (χ3v) is 3.09. The van der Waals surface area contributed by atoms with Gasteiger partial charge in [-0.15, -0.1) is 0 Å². The number of anilines is 2. The maximum atomic E-state index is 5.86. The first-order valence-corrected chi connectivity index (χ1v) is 5.30. The zero-order valence-corrected chi connectivity index (χ0v) is 9.45. The summed E-state index contributed by atoms with van der Waals surface area (Å²) in [6.45, 7) is 0. The zero-order valence-electron chi connectivity index (χ0n) is 8.64. The van der Waals surface area contributed by atoms with Gasteiger partial charge in [0.1, 0.15) is 10.8 Å². The van der Waals surface area contributed by atoms with Crippen molar-refractivity contribution in [2.45, 2.75) is 0 Å². The van der Waals surface area contributed by atoms with Gasteiger partial charge >= 0.3 is 0 Å². The predicted octanol–water partition coefficient (Wildman–Crippen LogP) is 1.85. The summed E-state index contributed by atoms with van der Waals surface area (Å²) in [7, 11) is 3.96. The minimum Gasteiger partial charge on any atom is -0.382 e. The number of aromatic nitrogens is 2. The molecule has 0 aliphatic rings. The lowest BCUT2D eigenvalue weighted by Gasteiger charge is -2.11. The van der Waals surface area contributed by atoms with Crippen LogP contribution in [0.15, 0.2) is 24.5 Å². The van der Waals surface area contributed by atoms with Crippen LogP contribution in [0.4, 0.5) is 10.8 Å². The van der Waals surface area contributed by atoms with Crippen LogP contribution < -0.4 is 10.6 Å². The van der Waals surface area contributed by atoms with E-state index in [1.54, 1.807) is 12.4 Å². The topological polar surface area (TPSA) is 55.0 Å². The van der Waals surface area contributed by atoms with Crippen LogP contribution >= 0.6 is 11.5 Å². The molecule has 0 saturated heterocycles. The first-order chi connectivity index (χ1) is 7.20. The van der Waals surface area contributed by atoms with E-state index in [-0.39, 0.29) is 0 Å². The summed E-state index contributed by atoms with van der Waals surface area (Å²) in [6.07, 6.45) is 3.54. The molecule has 15 heavy (non-hydrogen) atoms. The van der Waals surface area contributed by atoms with Crippen molar-refractivity contribution in [3.05, 3.63) is 24.5 Å². The Morgan fingerprint density at radius 2 is 2.20 bits per heavy atom. The molecule has 2 heterocycles. The summed E-state index contributed by atoms with van der Waals surface area (Å²) < 4.78 is 4.16. The first-order valence-electron chi connectivity index (χ1n) is 4.53. The molecule has 0 saturated carbocycles. The van der Waals surface area contributed by atoms with Gasteiger partial charge in [-0.25, -0.2) is 0 Å². The van der Waals surface area contributed by atoms with Crippen LogP contribution in [0.5, 0.6) is 0 Å². The van der Waals surface area contributed by atoms with E-state index in [0.717, 1.165) is 16.1 Å². The van der Waals surface area contributed by atoms with E-state index < -0.39 is 0 Å². The molecule has 0 unspecified atom stereocenters. The molecular weight excluding hydrogens is 208 g/mol. The highest BCUT2D eigenvalue weighted by atomic mass is 32.1. The van der Waals surface area contributed by atoms with Gasteiger partial charge in [0.2, 0.25) is 0 Å². The number of nitrogens with two attached hydrogens (primary N) is 1. The average Bonchev–Trinajstić information content (AvgIpc) is 2.61. The molecular formula is C10H12N4S. The molecule has 2 aromatic rings. The van der Waals surface area contributed by atoms with Gasteiger partial charge in [0.15, 0.2) is 0 Å². The summed E-state index contributed by atoms with van der Waals surface area (Å²) in [5, 5.41) is 1.06. The molecule has 0 atom stereocenters. The fraction of sp³-hybridized carbons (Fsp3) is 0.200. The van der Waals surface area contributed by atoms with E-state index in [1.165, 1.54) is 11.5 Å². The fourth-order valence-electron chi connectivity index (χ4n) is 1.38. The maximum absolute atomic E-state index is 5.86. The predicted molar refractivity (Wildman–Crippen MR) is 64.1 cm³/mol. The van der Waals surface area contributed by atoms with E-state index in [4.69, 9.17) is 5.73 Å². The van der Waals surface area contributed by atoms with Crippen LogP contribution in [0.2, 0.25) is 0 Å². The molecule has 0 spiro atoms. The van der Waals surface area contributed by atoms with Crippen molar-refractivity contribution in [3.63, 3.8) is 0 Å². The Bertz CT molecular complexity index is 450. The Labute approximate surface area is 92.5 Å². The third-order valence-electron chi connectivity index (χ3n) is 2.06. The smallest absolute Gasteiger partial charge is 0.147 e. The van der Waals surface area contributed by atoms with Crippen LogP contribution in [-0.2, 0) is 0 Å². The van der Waals surface area contributed by atoms with Gasteiger partial charge in [-0.05, 0) is 17.6 Å². The molecule has 0 fully saturated rings. The van der Waals surface area contributed by atoms with E-state index in [2.05, 4.69) is 9.36 Å². The van der Waals surface area contributed by atoms with Gasteiger partial charge in [-0.1, -0.05) is 6.07 Å². The monoisotopic (exact) mass is 220 g/mol. The molecule has 5 heteroatoms. The number of hydrogen-bond donors (Lipinski definition) is 1. The van der Waals surface area contributed by atoms with E-state index in [9.17, 15) is 0 Å². The fourth-order valence-corrected chi connectivity index (χ4v) is 2.13. The van der Waals surface area contributed by atoms with Crippen molar-refractivity contribution in [2.75, 3.05) is 24.7 Å². The summed E-state index contributed by atoms with van der Waals surface area (Å²) in [4.78, 5) is 6.10. The largest absolute Gasteiger partial charge is 0.382 e. The molecule has 0 aromatic carbocycles. The second-order valence-electron chi connectivity index (χ2n) is 3.38. The standard InChI is InChI=1S/C10H12N4S/c1-14(2)10-8(9(11)13-15-10)7-4-3-5-12-6-7/h3-6H,1-2H3,(H2,11,13). The summed E-state index contributed by atoms with van der Waals surface area (Å²) in [5.41, 5.74) is 7.83. The zero-order chi connectivity index (χ0) is 10.8. The molecule has 2 N–H and O–H groups in total. The Hall–Kier alpha value is -1.62. The van der Waals surface area contributed by atoms with E-state index in [0.29, 0.717) is 5.82 Å². The Morgan fingerprint density at radius 3 is 2.80 bits per heavy atom. The Balaban J connectivity index is 2.57. The van der Waals surface area contributed by atoms with Crippen LogP contribution in [0.3, 0.4) is 0 Å². The van der Waals surface area contributed by atoms with Gasteiger partial charge in [0.05, 0.1) is 5.56 Å². The molecule has 0 bridgehead atoms. The lowest BCUT2D eigenvalue weighted by molar-refractivity contribution is 1.16. The van der Waals surface area contributed by atoms with Crippen LogP contribution in [0, 0.1) is 0 Å². The van der Waals surface area contributed by atoms with Crippen molar-refractivity contribution in [1.82, 2.24) is 9.36 Å². The number of pyridine rings is 1. The highest BCUT2D eigenvalue weighted by molar-refractivity contribution is 7.11. The summed E-state index contributed by atoms with van der Waals surface area (Å²) in [6, 6.07) is 3.88. The second-order valence-corrected chi connectivity index (χ2v) is 4.14. The van der Waals surface area contributed by atoms with E-state index >= 15 is 0 Å². The van der Waals surface area contributed by atoms with Crippen LogP contribution in [0.25, 0.3) is 11.1 Å². The molecule has 78 valence electrons. The maximum Gasteiger partial charge on any atom is 0.147 e. The quantitative estimate of drug-likeness (QED) is 0.839. The lowest BCUT2D eigenvalue weighted by Crippen LogP contribution is -2.08. The average molecular weight is 220 g/mol. The number of rotatable bonds is 2. The second kappa shape index (κ2) is 3.86. The molecule has 2 aromatic heterocycles. The van der Waals surface area contributed by atoms with Crippen molar-refractivity contribution in [2.24, 2.45) is 0 Å². The summed E-state index contributed by atoms with van der Waals surface area (Å²) in [5.74, 6) is 0.566. The Morgan fingerprint density at radius 1 is 1.40 bits per heavy atom. The normalized spacial score (nSPS) is 10.3. The Kier molecular flexibility index (Phi) is 2.55. The molecule has 0 aliphatic carbocycles. The van der Waals surface area contributed by atoms with Crippen molar-refractivity contribution < 1.29 is 0 Å². The number of nitrogens with zero attached hydrogens (tertiary/aromatic N) is 3. The minimum atomic E-state index is 0.566. The lowest BCUT2D eigenvalue weighted by atomic mass is 10.1. The van der Waals surface area contributed by atoms with Crippen LogP contribution in [0.1, 0.15) is 0 Å². The number of nitrogen functional groups attached to an aromatic ring is 1. The van der Waals surface area contributed by atoms with Gasteiger partial charge in [-0.2, -0.15) is 4.37 Å². The molecule has 0 amide bonds. The first kappa shape index (κ1) is 9.92. The van der Waals surface area contributed by atoms with Gasteiger partial charge < -0.3 is 10.6 Å². The van der Waals surface area contributed by atoms with Crippen LogP contribution in [-0.4, -0.2) is 23.5 Å². The summed E-state index contributed by atoms with van der Waals surface area (Å²) >= 11 is 1.40. The van der Waals surface area contributed by atoms with Gasteiger partial charge in [0.25, 0.3) is 0 Å². The van der Waals surface area contributed by atoms with Gasteiger partial charge in [-0.3, -0.25) is 4.98 Å². The van der Waals surface area contributed by atoms with Gasteiger partial charge in [0, 0.05) is 32.1 Å².